The van der Waals surface area contributed by atoms with Crippen molar-refractivity contribution < 1.29 is 18.8 Å². The van der Waals surface area contributed by atoms with Crippen molar-refractivity contribution in [2.24, 2.45) is 5.92 Å². The molecule has 1 aliphatic rings. The van der Waals surface area contributed by atoms with E-state index in [1.807, 2.05) is 32.7 Å². The molecule has 0 saturated carbocycles. The molecule has 1 fully saturated rings. The summed E-state index contributed by atoms with van der Waals surface area (Å²) in [4.78, 5) is 11.8. The fraction of sp³-hybridized carbons (Fsp3) is 0.519. The van der Waals surface area contributed by atoms with Crippen LogP contribution < -0.4 is 10.1 Å². The van der Waals surface area contributed by atoms with Crippen LogP contribution in [0.25, 0.3) is 22.6 Å². The van der Waals surface area contributed by atoms with Crippen LogP contribution in [0.5, 0.6) is 5.75 Å². The predicted octanol–water partition coefficient (Wildman–Crippen LogP) is 4.17. The number of nitrogens with one attached hydrogen (secondary N) is 1. The molecule has 0 radical (unpaired) electrons. The fourth-order valence-corrected chi connectivity index (χ4v) is 4.98. The first kappa shape index (κ1) is 27.4. The number of aromatic nitrogens is 3. The van der Waals surface area contributed by atoms with Crippen LogP contribution in [0.1, 0.15) is 29.1 Å². The lowest BCUT2D eigenvalue weighted by Crippen LogP contribution is -2.40. The highest BCUT2D eigenvalue weighted by Crippen LogP contribution is 2.36. The summed E-state index contributed by atoms with van der Waals surface area (Å²) in [5.74, 6) is 1.48. The van der Waals surface area contributed by atoms with Crippen LogP contribution >= 0.6 is 11.6 Å². The topological polar surface area (TPSA) is 96.5 Å². The molecule has 1 aromatic carbocycles. The quantitative estimate of drug-likeness (QED) is 0.425. The Hall–Kier alpha value is -2.59. The summed E-state index contributed by atoms with van der Waals surface area (Å²) >= 11 is 6.61. The molecule has 1 aliphatic heterocycles. The first-order chi connectivity index (χ1) is 17.7. The number of likely N-dealkylation sites (N-methyl/N-ethyl adjacent to an activating group) is 1. The maximum atomic E-state index is 15.0. The lowest BCUT2D eigenvalue weighted by molar-refractivity contribution is 0.102. The number of piperidine rings is 1. The molecule has 8 nitrogen and oxygen atoms in total. The number of aryl methyl sites for hydroxylation is 2. The third kappa shape index (κ3) is 6.29. The Balaban J connectivity index is 1.76. The van der Waals surface area contributed by atoms with Crippen molar-refractivity contribution in [3.63, 3.8) is 0 Å². The van der Waals surface area contributed by atoms with E-state index in [-0.39, 0.29) is 12.5 Å². The van der Waals surface area contributed by atoms with Crippen LogP contribution in [0.4, 0.5) is 4.39 Å². The van der Waals surface area contributed by atoms with Crippen molar-refractivity contribution in [3.8, 4) is 28.4 Å². The van der Waals surface area contributed by atoms with E-state index in [9.17, 15) is 9.50 Å². The summed E-state index contributed by atoms with van der Waals surface area (Å²) < 4.78 is 26.2. The molecule has 0 spiro atoms. The van der Waals surface area contributed by atoms with Gasteiger partial charge in [-0.05, 0) is 83.9 Å². The molecule has 2 N–H and O–H groups in total. The Bertz CT molecular complexity index is 1220. The van der Waals surface area contributed by atoms with Gasteiger partial charge in [0.05, 0.1) is 22.0 Å². The van der Waals surface area contributed by atoms with E-state index in [2.05, 4.69) is 10.5 Å². The van der Waals surface area contributed by atoms with Crippen LogP contribution in [0.2, 0.25) is 5.02 Å². The van der Waals surface area contributed by atoms with Crippen molar-refractivity contribution in [3.05, 3.63) is 45.9 Å². The maximum Gasteiger partial charge on any atom is 0.161 e. The first-order valence-corrected chi connectivity index (χ1v) is 12.9. The van der Waals surface area contributed by atoms with Crippen molar-refractivity contribution in [1.29, 1.82) is 0 Å². The van der Waals surface area contributed by atoms with Crippen LogP contribution in [0.3, 0.4) is 0 Å². The smallest absolute Gasteiger partial charge is 0.161 e. The molecule has 4 rings (SSSR count). The average Bonchev–Trinajstić information content (AvgIpc) is 3.19. The van der Waals surface area contributed by atoms with E-state index >= 15 is 0 Å². The molecule has 3 heterocycles. The Morgan fingerprint density at radius 3 is 2.76 bits per heavy atom. The number of nitrogens with zero attached hydrogens (tertiary/aromatic N) is 4. The molecule has 1 saturated heterocycles. The number of aliphatic hydroxyl groups excluding tert-OH is 1. The first-order valence-electron chi connectivity index (χ1n) is 12.6. The van der Waals surface area contributed by atoms with Crippen LogP contribution in [0.15, 0.2) is 22.7 Å². The second kappa shape index (κ2) is 11.9. The van der Waals surface area contributed by atoms with Gasteiger partial charge in [-0.25, -0.2) is 14.4 Å². The van der Waals surface area contributed by atoms with Gasteiger partial charge in [-0.15, -0.1) is 0 Å². The average molecular weight is 532 g/mol. The Kier molecular flexibility index (Phi) is 8.79. The summed E-state index contributed by atoms with van der Waals surface area (Å²) in [6.45, 7) is 7.50. The second-order valence-electron chi connectivity index (χ2n) is 9.86. The van der Waals surface area contributed by atoms with E-state index in [4.69, 9.17) is 30.8 Å². The zero-order valence-electron chi connectivity index (χ0n) is 22.0. The van der Waals surface area contributed by atoms with Gasteiger partial charge in [0, 0.05) is 24.3 Å². The SMILES string of the molecule is CNC[C@@H](O)COc1ccc(Cl)c(-c2nc(C[C@H]3CCN(C)C[C@H]3F)c(C)c(-c3c(C)noc3C)n2)c1. The summed E-state index contributed by atoms with van der Waals surface area (Å²) in [5.41, 5.74) is 4.48. The fourth-order valence-electron chi connectivity index (χ4n) is 4.78. The molecule has 0 amide bonds. The van der Waals surface area contributed by atoms with Crippen LogP contribution in [-0.4, -0.2) is 77.7 Å². The molecule has 3 aromatic rings. The number of hydrogen-bond acceptors (Lipinski definition) is 8. The summed E-state index contributed by atoms with van der Waals surface area (Å²) in [5, 5.41) is 17.5. The van der Waals surface area contributed by atoms with E-state index in [1.165, 1.54) is 0 Å². The summed E-state index contributed by atoms with van der Waals surface area (Å²) in [7, 11) is 3.71. The molecule has 2 aromatic heterocycles. The van der Waals surface area contributed by atoms with Gasteiger partial charge >= 0.3 is 0 Å². The van der Waals surface area contributed by atoms with E-state index in [0.717, 1.165) is 35.5 Å². The third-order valence-corrected chi connectivity index (χ3v) is 7.24. The molecule has 200 valence electrons. The molecule has 0 aliphatic carbocycles. The number of alkyl halides is 1. The van der Waals surface area contributed by atoms with Crippen molar-refractivity contribution in [2.45, 2.75) is 45.9 Å². The number of ether oxygens (including phenoxy) is 1. The van der Waals surface area contributed by atoms with Gasteiger partial charge in [0.25, 0.3) is 0 Å². The predicted molar refractivity (Wildman–Crippen MR) is 142 cm³/mol. The van der Waals surface area contributed by atoms with Gasteiger partial charge in [0.15, 0.2) is 5.82 Å². The number of likely N-dealkylation sites (tertiary alicyclic amines) is 1. The van der Waals surface area contributed by atoms with Gasteiger partial charge < -0.3 is 24.6 Å². The van der Waals surface area contributed by atoms with Gasteiger partial charge in [0.2, 0.25) is 0 Å². The summed E-state index contributed by atoms with van der Waals surface area (Å²) in [6.07, 6.45) is -0.323. The molecular weight excluding hydrogens is 497 g/mol. The van der Waals surface area contributed by atoms with E-state index < -0.39 is 12.3 Å². The molecule has 0 bridgehead atoms. The number of hydrogen-bond donors (Lipinski definition) is 2. The molecule has 10 heteroatoms. The normalized spacial score (nSPS) is 19.2. The van der Waals surface area contributed by atoms with Gasteiger partial charge in [-0.3, -0.25) is 0 Å². The van der Waals surface area contributed by atoms with Gasteiger partial charge in [-0.2, -0.15) is 0 Å². The highest BCUT2D eigenvalue weighted by Gasteiger charge is 2.30. The number of aliphatic hydroxyl groups is 1. The lowest BCUT2D eigenvalue weighted by Gasteiger charge is -2.32. The second-order valence-corrected chi connectivity index (χ2v) is 10.3. The number of rotatable bonds is 9. The van der Waals surface area contributed by atoms with Crippen LogP contribution in [0, 0.1) is 26.7 Å². The van der Waals surface area contributed by atoms with Gasteiger partial charge in [0.1, 0.15) is 30.4 Å². The monoisotopic (exact) mass is 531 g/mol. The largest absolute Gasteiger partial charge is 0.491 e. The zero-order chi connectivity index (χ0) is 26.7. The zero-order valence-corrected chi connectivity index (χ0v) is 22.8. The number of benzene rings is 1. The standard InChI is InChI=1S/C27H35ClFN5O3/c1-15-24(10-18-8-9-34(5)13-23(18)29)31-27(32-26(15)25-16(2)33-37-17(25)3)21-11-20(6-7-22(21)28)36-14-19(35)12-30-4/h6-7,11,18-19,23,30,35H,8-10,12-14H2,1-5H3/t18-,19-,23-/m1/s1. The highest BCUT2D eigenvalue weighted by molar-refractivity contribution is 6.33. The van der Waals surface area contributed by atoms with Crippen LogP contribution in [-0.2, 0) is 6.42 Å². The Morgan fingerprint density at radius 2 is 2.08 bits per heavy atom. The van der Waals surface area contributed by atoms with Crippen molar-refractivity contribution >= 4 is 11.6 Å². The Labute approximate surface area is 222 Å². The van der Waals surface area contributed by atoms with Crippen molar-refractivity contribution in [1.82, 2.24) is 25.3 Å². The molecule has 3 atom stereocenters. The molecule has 0 unspecified atom stereocenters. The minimum Gasteiger partial charge on any atom is -0.491 e. The number of halogens is 2. The Morgan fingerprint density at radius 1 is 1.30 bits per heavy atom. The van der Waals surface area contributed by atoms with E-state index in [0.29, 0.717) is 53.1 Å². The van der Waals surface area contributed by atoms with Crippen molar-refractivity contribution in [2.75, 3.05) is 40.3 Å². The molecule has 37 heavy (non-hydrogen) atoms. The lowest BCUT2D eigenvalue weighted by atomic mass is 9.88. The molecular formula is C27H35ClFN5O3. The minimum absolute atomic E-state index is 0.125. The minimum atomic E-state index is -0.927. The maximum absolute atomic E-state index is 15.0. The van der Waals surface area contributed by atoms with E-state index in [1.54, 1.807) is 25.2 Å². The highest BCUT2D eigenvalue weighted by atomic mass is 35.5. The third-order valence-electron chi connectivity index (χ3n) is 6.91. The summed E-state index contributed by atoms with van der Waals surface area (Å²) in [6, 6.07) is 5.24. The van der Waals surface area contributed by atoms with Gasteiger partial charge in [-0.1, -0.05) is 16.8 Å².